The molecule has 0 bridgehead atoms. The van der Waals surface area contributed by atoms with Crippen molar-refractivity contribution < 1.29 is 9.59 Å². The van der Waals surface area contributed by atoms with Crippen molar-refractivity contribution >= 4 is 17.9 Å². The number of rotatable bonds is 7. The van der Waals surface area contributed by atoms with Gasteiger partial charge >= 0.3 is 0 Å². The molecule has 2 aromatic carbocycles. The second-order valence-corrected chi connectivity index (χ2v) is 8.80. The Labute approximate surface area is 188 Å². The SMILES string of the molecule is O=Cc1ccc(N2CCC(C(=O)N(Cc3cnn(-c4ccccc4)c3)C3CC3)CC2)cc1. The summed E-state index contributed by atoms with van der Waals surface area (Å²) in [5.74, 6) is 0.362. The lowest BCUT2D eigenvalue weighted by Gasteiger charge is -2.35. The Morgan fingerprint density at radius 3 is 2.34 bits per heavy atom. The van der Waals surface area contributed by atoms with E-state index in [1.807, 2.05) is 71.7 Å². The summed E-state index contributed by atoms with van der Waals surface area (Å²) >= 11 is 0. The fraction of sp³-hybridized carbons (Fsp3) is 0.346. The highest BCUT2D eigenvalue weighted by molar-refractivity contribution is 5.80. The van der Waals surface area contributed by atoms with E-state index in [4.69, 9.17) is 0 Å². The zero-order valence-electron chi connectivity index (χ0n) is 18.1. The van der Waals surface area contributed by atoms with Gasteiger partial charge in [-0.25, -0.2) is 4.68 Å². The van der Waals surface area contributed by atoms with Crippen LogP contribution in [0.5, 0.6) is 0 Å². The standard InChI is InChI=1S/C26H28N4O2/c31-19-20-6-8-23(9-7-20)28-14-12-22(13-15-28)26(32)29(24-10-11-24)17-21-16-27-30(18-21)25-4-2-1-3-5-25/h1-9,16,18-19,22,24H,10-15,17H2. The molecular formula is C26H28N4O2. The molecule has 1 saturated heterocycles. The van der Waals surface area contributed by atoms with Crippen LogP contribution in [0, 0.1) is 5.92 Å². The highest BCUT2D eigenvalue weighted by atomic mass is 16.2. The maximum Gasteiger partial charge on any atom is 0.226 e. The number of carbonyl (C=O) groups is 2. The van der Waals surface area contributed by atoms with E-state index in [-0.39, 0.29) is 11.8 Å². The van der Waals surface area contributed by atoms with E-state index in [0.717, 1.165) is 62.0 Å². The number of hydrogen-bond donors (Lipinski definition) is 0. The van der Waals surface area contributed by atoms with Crippen LogP contribution in [0.4, 0.5) is 5.69 Å². The minimum Gasteiger partial charge on any atom is -0.371 e. The normalized spacial score (nSPS) is 16.7. The van der Waals surface area contributed by atoms with E-state index in [2.05, 4.69) is 14.9 Å². The van der Waals surface area contributed by atoms with Crippen molar-refractivity contribution in [2.75, 3.05) is 18.0 Å². The molecule has 1 aliphatic heterocycles. The van der Waals surface area contributed by atoms with Crippen LogP contribution in [-0.4, -0.2) is 46.0 Å². The molecule has 0 unspecified atom stereocenters. The number of amides is 1. The van der Waals surface area contributed by atoms with E-state index < -0.39 is 0 Å². The molecule has 1 aromatic heterocycles. The van der Waals surface area contributed by atoms with Crippen LogP contribution >= 0.6 is 0 Å². The molecule has 0 atom stereocenters. The number of benzene rings is 2. The fourth-order valence-corrected chi connectivity index (χ4v) is 4.52. The van der Waals surface area contributed by atoms with Crippen LogP contribution in [0.1, 0.15) is 41.6 Å². The van der Waals surface area contributed by atoms with Gasteiger partial charge in [-0.05, 0) is 62.1 Å². The summed E-state index contributed by atoms with van der Waals surface area (Å²) in [4.78, 5) is 28.7. The van der Waals surface area contributed by atoms with E-state index >= 15 is 0 Å². The fourth-order valence-electron chi connectivity index (χ4n) is 4.52. The third kappa shape index (κ3) is 4.44. The molecule has 0 radical (unpaired) electrons. The van der Waals surface area contributed by atoms with Crippen LogP contribution in [0.2, 0.25) is 0 Å². The monoisotopic (exact) mass is 428 g/mol. The smallest absolute Gasteiger partial charge is 0.226 e. The Kier molecular flexibility index (Phi) is 5.75. The van der Waals surface area contributed by atoms with Gasteiger partial charge in [0.2, 0.25) is 5.91 Å². The van der Waals surface area contributed by atoms with Crippen molar-refractivity contribution in [1.82, 2.24) is 14.7 Å². The third-order valence-corrected chi connectivity index (χ3v) is 6.52. The van der Waals surface area contributed by atoms with Gasteiger partial charge < -0.3 is 9.80 Å². The van der Waals surface area contributed by atoms with E-state index in [0.29, 0.717) is 18.2 Å². The number of nitrogens with zero attached hydrogens (tertiary/aromatic N) is 4. The number of anilines is 1. The van der Waals surface area contributed by atoms with E-state index in [1.165, 1.54) is 0 Å². The van der Waals surface area contributed by atoms with Gasteiger partial charge in [0.15, 0.2) is 0 Å². The summed E-state index contributed by atoms with van der Waals surface area (Å²) in [5, 5.41) is 4.50. The second kappa shape index (κ2) is 8.99. The number of para-hydroxylation sites is 1. The van der Waals surface area contributed by atoms with Crippen LogP contribution in [0.15, 0.2) is 67.0 Å². The molecule has 5 rings (SSSR count). The number of aromatic nitrogens is 2. The summed E-state index contributed by atoms with van der Waals surface area (Å²) in [5.41, 5.74) is 3.90. The van der Waals surface area contributed by atoms with Gasteiger partial charge in [-0.15, -0.1) is 0 Å². The first kappa shape index (κ1) is 20.5. The molecule has 164 valence electrons. The van der Waals surface area contributed by atoms with Crippen molar-refractivity contribution in [2.45, 2.75) is 38.3 Å². The van der Waals surface area contributed by atoms with E-state index in [9.17, 15) is 9.59 Å². The molecular weight excluding hydrogens is 400 g/mol. The average Bonchev–Trinajstić information content (AvgIpc) is 3.60. The minimum atomic E-state index is 0.0743. The lowest BCUT2D eigenvalue weighted by atomic mass is 9.94. The highest BCUT2D eigenvalue weighted by Crippen LogP contribution is 2.32. The first-order chi connectivity index (χ1) is 15.7. The number of carbonyl (C=O) groups excluding carboxylic acids is 2. The van der Waals surface area contributed by atoms with Gasteiger partial charge in [0.1, 0.15) is 6.29 Å². The molecule has 2 aliphatic rings. The predicted molar refractivity (Wildman–Crippen MR) is 124 cm³/mol. The maximum absolute atomic E-state index is 13.4. The molecule has 6 nitrogen and oxygen atoms in total. The van der Waals surface area contributed by atoms with Gasteiger partial charge in [-0.3, -0.25) is 9.59 Å². The van der Waals surface area contributed by atoms with Crippen molar-refractivity contribution in [1.29, 1.82) is 0 Å². The van der Waals surface area contributed by atoms with Gasteiger partial charge in [-0.1, -0.05) is 18.2 Å². The first-order valence-corrected chi connectivity index (χ1v) is 11.4. The largest absolute Gasteiger partial charge is 0.371 e. The van der Waals surface area contributed by atoms with Crippen LogP contribution < -0.4 is 4.90 Å². The quantitative estimate of drug-likeness (QED) is 0.532. The molecule has 2 heterocycles. The van der Waals surface area contributed by atoms with Crippen molar-refractivity contribution in [3.8, 4) is 5.69 Å². The van der Waals surface area contributed by atoms with Gasteiger partial charge in [0.05, 0.1) is 11.9 Å². The first-order valence-electron chi connectivity index (χ1n) is 11.4. The maximum atomic E-state index is 13.4. The Bertz CT molecular complexity index is 1060. The minimum absolute atomic E-state index is 0.0743. The van der Waals surface area contributed by atoms with Crippen LogP contribution in [-0.2, 0) is 11.3 Å². The molecule has 6 heteroatoms. The Morgan fingerprint density at radius 1 is 0.969 bits per heavy atom. The summed E-state index contributed by atoms with van der Waals surface area (Å²) < 4.78 is 1.87. The number of aldehydes is 1. The van der Waals surface area contributed by atoms with Crippen LogP contribution in [0.25, 0.3) is 5.69 Å². The molecule has 32 heavy (non-hydrogen) atoms. The molecule has 2 fully saturated rings. The summed E-state index contributed by atoms with van der Waals surface area (Å²) in [7, 11) is 0. The second-order valence-electron chi connectivity index (χ2n) is 8.80. The summed E-state index contributed by atoms with van der Waals surface area (Å²) in [6.07, 6.45) is 8.69. The Hall–Kier alpha value is -3.41. The summed E-state index contributed by atoms with van der Waals surface area (Å²) in [6.45, 7) is 2.35. The zero-order valence-corrected chi connectivity index (χ0v) is 18.1. The molecule has 3 aromatic rings. The predicted octanol–water partition coefficient (Wildman–Crippen LogP) is 4.09. The van der Waals surface area contributed by atoms with Gasteiger partial charge in [-0.2, -0.15) is 5.10 Å². The molecule has 1 aliphatic carbocycles. The number of hydrogen-bond acceptors (Lipinski definition) is 4. The number of piperidine rings is 1. The molecule has 1 amide bonds. The zero-order chi connectivity index (χ0) is 21.9. The molecule has 1 saturated carbocycles. The van der Waals surface area contributed by atoms with Gasteiger partial charge in [0.25, 0.3) is 0 Å². The average molecular weight is 429 g/mol. The Balaban J connectivity index is 1.22. The highest BCUT2D eigenvalue weighted by Gasteiger charge is 2.37. The molecule has 0 N–H and O–H groups in total. The van der Waals surface area contributed by atoms with Crippen molar-refractivity contribution in [3.63, 3.8) is 0 Å². The topological polar surface area (TPSA) is 58.4 Å². The van der Waals surface area contributed by atoms with Crippen molar-refractivity contribution in [2.24, 2.45) is 5.92 Å². The van der Waals surface area contributed by atoms with E-state index in [1.54, 1.807) is 0 Å². The lowest BCUT2D eigenvalue weighted by molar-refractivity contribution is -0.137. The van der Waals surface area contributed by atoms with Crippen LogP contribution in [0.3, 0.4) is 0 Å². The molecule has 0 spiro atoms. The Morgan fingerprint density at radius 2 is 1.69 bits per heavy atom. The summed E-state index contributed by atoms with van der Waals surface area (Å²) in [6, 6.07) is 18.1. The third-order valence-electron chi connectivity index (χ3n) is 6.52. The lowest BCUT2D eigenvalue weighted by Crippen LogP contribution is -2.43. The van der Waals surface area contributed by atoms with Gasteiger partial charge in [0, 0.05) is 54.6 Å². The van der Waals surface area contributed by atoms with Crippen molar-refractivity contribution in [3.05, 3.63) is 78.1 Å².